The normalized spacial score (nSPS) is 14.0. The highest BCUT2D eigenvalue weighted by Crippen LogP contribution is 2.22. The molecule has 124 valence electrons. The zero-order valence-corrected chi connectivity index (χ0v) is 13.4. The van der Waals surface area contributed by atoms with Crippen LogP contribution in [0.25, 0.3) is 0 Å². The van der Waals surface area contributed by atoms with Crippen molar-refractivity contribution in [3.63, 3.8) is 0 Å². The minimum absolute atomic E-state index is 0.145. The number of hydrogen-bond acceptors (Lipinski definition) is 7. The van der Waals surface area contributed by atoms with Gasteiger partial charge >= 0.3 is 5.97 Å². The molecule has 1 aliphatic heterocycles. The van der Waals surface area contributed by atoms with Crippen molar-refractivity contribution in [2.75, 3.05) is 0 Å². The van der Waals surface area contributed by atoms with Crippen LogP contribution in [0.15, 0.2) is 24.3 Å². The van der Waals surface area contributed by atoms with Crippen LogP contribution in [0.5, 0.6) is 0 Å². The zero-order valence-electron chi connectivity index (χ0n) is 13.4. The molecule has 0 radical (unpaired) electrons. The van der Waals surface area contributed by atoms with Gasteiger partial charge in [-0.05, 0) is 38.1 Å². The molecule has 2 heterocycles. The largest absolute Gasteiger partial charge is 0.340 e. The van der Waals surface area contributed by atoms with Crippen molar-refractivity contribution in [1.82, 2.24) is 25.3 Å². The third-order valence-electron chi connectivity index (χ3n) is 3.31. The third kappa shape index (κ3) is 2.75. The van der Waals surface area contributed by atoms with Crippen LogP contribution < -0.4 is 0 Å². The Morgan fingerprint density at radius 3 is 2.21 bits per heavy atom. The number of benzene rings is 1. The standard InChI is InChI=1S/C15H15N5O4/c1-15(2,3)20-17-11(16-18-20)8-12(21)24-19-13(22)9-6-4-5-7-10(9)14(19)23/h4-7H,8H2,1-3H3. The average molecular weight is 329 g/mol. The van der Waals surface area contributed by atoms with E-state index in [4.69, 9.17) is 4.84 Å². The van der Waals surface area contributed by atoms with Crippen LogP contribution in [0.3, 0.4) is 0 Å². The van der Waals surface area contributed by atoms with E-state index >= 15 is 0 Å². The summed E-state index contributed by atoms with van der Waals surface area (Å²) in [6, 6.07) is 6.26. The topological polar surface area (TPSA) is 107 Å². The SMILES string of the molecule is CC(C)(C)n1nnc(CC(=O)ON2C(=O)c3ccccc3C2=O)n1. The summed E-state index contributed by atoms with van der Waals surface area (Å²) in [5.74, 6) is -2.02. The molecular formula is C15H15N5O4. The van der Waals surface area contributed by atoms with Gasteiger partial charge in [0, 0.05) is 0 Å². The number of imide groups is 1. The molecule has 0 spiro atoms. The van der Waals surface area contributed by atoms with Gasteiger partial charge in [-0.2, -0.15) is 4.80 Å². The maximum atomic E-state index is 12.1. The van der Waals surface area contributed by atoms with E-state index in [-0.39, 0.29) is 28.9 Å². The van der Waals surface area contributed by atoms with Crippen molar-refractivity contribution in [2.45, 2.75) is 32.7 Å². The van der Waals surface area contributed by atoms with Gasteiger partial charge in [-0.3, -0.25) is 9.59 Å². The molecule has 1 aromatic carbocycles. The number of carbonyl (C=O) groups excluding carboxylic acids is 3. The first-order valence-electron chi connectivity index (χ1n) is 7.25. The van der Waals surface area contributed by atoms with E-state index in [1.807, 2.05) is 20.8 Å². The van der Waals surface area contributed by atoms with Crippen LogP contribution in [0.2, 0.25) is 0 Å². The van der Waals surface area contributed by atoms with Gasteiger partial charge in [-0.1, -0.05) is 17.2 Å². The summed E-state index contributed by atoms with van der Waals surface area (Å²) in [5.41, 5.74) is 0.0247. The summed E-state index contributed by atoms with van der Waals surface area (Å²) in [6.07, 6.45) is -0.302. The van der Waals surface area contributed by atoms with Gasteiger partial charge in [-0.25, -0.2) is 4.79 Å². The van der Waals surface area contributed by atoms with Crippen molar-refractivity contribution in [3.05, 3.63) is 41.2 Å². The van der Waals surface area contributed by atoms with Crippen molar-refractivity contribution >= 4 is 17.8 Å². The van der Waals surface area contributed by atoms with Crippen molar-refractivity contribution in [2.24, 2.45) is 0 Å². The Morgan fingerprint density at radius 2 is 1.71 bits per heavy atom. The van der Waals surface area contributed by atoms with Crippen LogP contribution in [-0.2, 0) is 21.6 Å². The minimum atomic E-state index is -0.821. The van der Waals surface area contributed by atoms with E-state index in [0.29, 0.717) is 5.06 Å². The predicted octanol–water partition coefficient (Wildman–Crippen LogP) is 0.725. The number of hydroxylamine groups is 2. The van der Waals surface area contributed by atoms with Gasteiger partial charge in [-0.15, -0.1) is 10.2 Å². The van der Waals surface area contributed by atoms with Crippen molar-refractivity contribution in [3.8, 4) is 0 Å². The number of nitrogens with zero attached hydrogens (tertiary/aromatic N) is 5. The van der Waals surface area contributed by atoms with Crippen LogP contribution in [0, 0.1) is 0 Å². The zero-order chi connectivity index (χ0) is 17.5. The van der Waals surface area contributed by atoms with Gasteiger partial charge in [0.15, 0.2) is 5.82 Å². The highest BCUT2D eigenvalue weighted by Gasteiger charge is 2.38. The highest BCUT2D eigenvalue weighted by molar-refractivity contribution is 6.20. The molecule has 24 heavy (non-hydrogen) atoms. The Morgan fingerprint density at radius 1 is 1.12 bits per heavy atom. The van der Waals surface area contributed by atoms with Gasteiger partial charge < -0.3 is 4.84 Å². The molecule has 0 fully saturated rings. The van der Waals surface area contributed by atoms with Gasteiger partial charge in [0.25, 0.3) is 11.8 Å². The lowest BCUT2D eigenvalue weighted by atomic mass is 10.1. The van der Waals surface area contributed by atoms with Crippen molar-refractivity contribution in [1.29, 1.82) is 0 Å². The first kappa shape index (κ1) is 15.8. The first-order chi connectivity index (χ1) is 11.3. The smallest absolute Gasteiger partial charge is 0.329 e. The molecule has 1 aliphatic rings. The molecule has 0 N–H and O–H groups in total. The molecule has 0 atom stereocenters. The number of hydrogen-bond donors (Lipinski definition) is 0. The fourth-order valence-corrected chi connectivity index (χ4v) is 2.11. The Bertz CT molecular complexity index is 801. The second-order valence-corrected chi connectivity index (χ2v) is 6.26. The molecule has 9 heteroatoms. The highest BCUT2D eigenvalue weighted by atomic mass is 16.7. The third-order valence-corrected chi connectivity index (χ3v) is 3.31. The van der Waals surface area contributed by atoms with Gasteiger partial charge in [0.2, 0.25) is 0 Å². The first-order valence-corrected chi connectivity index (χ1v) is 7.25. The second-order valence-electron chi connectivity index (χ2n) is 6.26. The summed E-state index contributed by atoms with van der Waals surface area (Å²) in [6.45, 7) is 5.65. The number of carbonyl (C=O) groups is 3. The van der Waals surface area contributed by atoms with Crippen molar-refractivity contribution < 1.29 is 19.2 Å². The van der Waals surface area contributed by atoms with E-state index in [2.05, 4.69) is 15.4 Å². The molecule has 0 saturated carbocycles. The van der Waals surface area contributed by atoms with E-state index < -0.39 is 17.8 Å². The lowest BCUT2D eigenvalue weighted by Crippen LogP contribution is -2.33. The van der Waals surface area contributed by atoms with Crippen LogP contribution in [0.1, 0.15) is 47.3 Å². The van der Waals surface area contributed by atoms with Crippen LogP contribution >= 0.6 is 0 Å². The number of amides is 2. The Balaban J connectivity index is 1.69. The van der Waals surface area contributed by atoms with Crippen LogP contribution in [0.4, 0.5) is 0 Å². The van der Waals surface area contributed by atoms with E-state index in [1.165, 1.54) is 16.9 Å². The summed E-state index contributed by atoms with van der Waals surface area (Å²) in [4.78, 5) is 42.5. The number of aromatic nitrogens is 4. The van der Waals surface area contributed by atoms with Gasteiger partial charge in [0.05, 0.1) is 16.7 Å². The van der Waals surface area contributed by atoms with E-state index in [1.54, 1.807) is 12.1 Å². The average Bonchev–Trinajstić information content (AvgIpc) is 3.07. The Labute approximate surface area is 137 Å². The molecule has 0 aliphatic carbocycles. The van der Waals surface area contributed by atoms with E-state index in [0.717, 1.165) is 0 Å². The maximum Gasteiger partial charge on any atom is 0.340 e. The van der Waals surface area contributed by atoms with Crippen LogP contribution in [-0.4, -0.2) is 43.1 Å². The molecule has 2 aromatic rings. The fourth-order valence-electron chi connectivity index (χ4n) is 2.11. The molecule has 0 unspecified atom stereocenters. The predicted molar refractivity (Wildman–Crippen MR) is 79.6 cm³/mol. The summed E-state index contributed by atoms with van der Waals surface area (Å²) < 4.78 is 0. The second kappa shape index (κ2) is 5.52. The van der Waals surface area contributed by atoms with Gasteiger partial charge in [0.1, 0.15) is 6.42 Å². The number of fused-ring (bicyclic) bond motifs is 1. The molecule has 1 aromatic heterocycles. The minimum Gasteiger partial charge on any atom is -0.329 e. The Kier molecular flexibility index (Phi) is 3.63. The molecular weight excluding hydrogens is 314 g/mol. The monoisotopic (exact) mass is 329 g/mol. The molecule has 0 bridgehead atoms. The molecule has 9 nitrogen and oxygen atoms in total. The number of tetrazole rings is 1. The Hall–Kier alpha value is -3.10. The maximum absolute atomic E-state index is 12.1. The quantitative estimate of drug-likeness (QED) is 0.764. The molecule has 2 amide bonds. The summed E-state index contributed by atoms with van der Waals surface area (Å²) in [5, 5.41) is 12.2. The number of rotatable bonds is 3. The lowest BCUT2D eigenvalue weighted by molar-refractivity contribution is -0.167. The molecule has 3 rings (SSSR count). The van der Waals surface area contributed by atoms with E-state index in [9.17, 15) is 14.4 Å². The fraction of sp³-hybridized carbons (Fsp3) is 0.333. The molecule has 0 saturated heterocycles. The summed E-state index contributed by atoms with van der Waals surface area (Å²) >= 11 is 0. The lowest BCUT2D eigenvalue weighted by Gasteiger charge is -2.15. The summed E-state index contributed by atoms with van der Waals surface area (Å²) in [7, 11) is 0.